The van der Waals surface area contributed by atoms with E-state index in [-0.39, 0.29) is 89.3 Å². The summed E-state index contributed by atoms with van der Waals surface area (Å²) in [5, 5.41) is 0. The summed E-state index contributed by atoms with van der Waals surface area (Å²) in [4.78, 5) is 11.4. The molecule has 0 atom stereocenters. The third-order valence-electron chi connectivity index (χ3n) is 20.1. The van der Waals surface area contributed by atoms with Crippen LogP contribution in [0.2, 0.25) is 0 Å². The largest absolute Gasteiger partial charge is 1.00 e. The number of rotatable bonds is 12. The quantitative estimate of drug-likeness (QED) is 0.0682. The molecule has 0 bridgehead atoms. The number of aryl methyl sites for hydroxylation is 12. The number of hydrogen-bond donors (Lipinski definition) is 0. The Morgan fingerprint density at radius 1 is 0.286 bits per heavy atom. The van der Waals surface area contributed by atoms with Gasteiger partial charge in [-0.25, -0.2) is 0 Å². The summed E-state index contributed by atoms with van der Waals surface area (Å²) in [7, 11) is 16.9. The van der Waals surface area contributed by atoms with Gasteiger partial charge in [-0.15, -0.1) is 0 Å². The van der Waals surface area contributed by atoms with Crippen LogP contribution in [0.4, 0.5) is 22.7 Å². The van der Waals surface area contributed by atoms with Gasteiger partial charge in [-0.05, 0) is 219 Å². The predicted molar refractivity (Wildman–Crippen MR) is 517 cm³/mol. The molecule has 4 nitrogen and oxygen atoms in total. The van der Waals surface area contributed by atoms with Crippen molar-refractivity contribution in [2.45, 2.75) is 92.9 Å². The molecule has 0 unspecified atom stereocenters. The molecule has 0 radical (unpaired) electrons. The van der Waals surface area contributed by atoms with Crippen LogP contribution in [0.3, 0.4) is 0 Å². The van der Waals surface area contributed by atoms with Crippen molar-refractivity contribution in [1.29, 1.82) is 0 Å². The predicted octanol–water partition coefficient (Wildman–Crippen LogP) is 26.3. The Labute approximate surface area is 792 Å². The summed E-state index contributed by atoms with van der Waals surface area (Å²) in [5.74, 6) is 0. The van der Waals surface area contributed by atoms with Crippen molar-refractivity contribution >= 4 is 86.3 Å². The van der Waals surface area contributed by atoms with Gasteiger partial charge in [0.05, 0.1) is 0 Å². The zero-order valence-electron chi connectivity index (χ0n) is 71.6. The molecule has 0 aromatic heterocycles. The number of halogens is 3. The first-order valence-corrected chi connectivity index (χ1v) is 48.2. The Morgan fingerprint density at radius 3 is 0.681 bits per heavy atom. The number of nitrogens with zero attached hydrogens (tertiary/aromatic N) is 4. The van der Waals surface area contributed by atoms with E-state index in [2.05, 4.69) is 351 Å². The van der Waals surface area contributed by atoms with E-state index < -0.39 is 13.5 Å². The second-order valence-corrected chi connectivity index (χ2v) is 37.6. The summed E-state index contributed by atoms with van der Waals surface area (Å²) in [5.41, 5.74) is 37.8. The Morgan fingerprint density at radius 2 is 0.479 bits per heavy atom. The fourth-order valence-corrected chi connectivity index (χ4v) is 19.1. The van der Waals surface area contributed by atoms with Gasteiger partial charge in [0.25, 0.3) is 0 Å². The smallest absolute Gasteiger partial charge is 0.779 e. The van der Waals surface area contributed by atoms with E-state index in [0.717, 1.165) is 86.0 Å². The first kappa shape index (κ1) is 98.3. The van der Waals surface area contributed by atoms with Crippen LogP contribution in [-0.4, -0.2) is 35.4 Å². The number of hydrogen-bond acceptors (Lipinski definition) is 6. The molecule has 12 heteroatoms. The average molecular weight is 1860 g/mol. The summed E-state index contributed by atoms with van der Waals surface area (Å²) >= 11 is 10.0. The van der Waals surface area contributed by atoms with Crippen LogP contribution in [0.5, 0.6) is 0 Å². The zero-order valence-corrected chi connectivity index (χ0v) is 82.1. The molecule has 14 aromatic carbocycles. The minimum absolute atomic E-state index is 0. The van der Waals surface area contributed by atoms with Gasteiger partial charge in [0, 0.05) is 48.9 Å². The molecule has 613 valence electrons. The molecule has 14 aromatic rings. The number of benzene rings is 14. The first-order chi connectivity index (χ1) is 55.6. The maximum Gasteiger partial charge on any atom is 1.00 e. The molecule has 2 aliphatic heterocycles. The van der Waals surface area contributed by atoms with Gasteiger partial charge >= 0.3 is 191 Å². The summed E-state index contributed by atoms with van der Waals surface area (Å²) in [6.07, 6.45) is 0. The van der Waals surface area contributed by atoms with Crippen LogP contribution in [0, 0.1) is 119 Å². The summed E-state index contributed by atoms with van der Waals surface area (Å²) < 4.78 is 3.99. The summed E-state index contributed by atoms with van der Waals surface area (Å²) in [6.45, 7) is 35.1. The van der Waals surface area contributed by atoms with E-state index >= 15 is 0 Å². The normalized spacial score (nSPS) is 11.9. The van der Waals surface area contributed by atoms with Crippen molar-refractivity contribution in [3.05, 3.63) is 429 Å². The zero-order chi connectivity index (χ0) is 81.5. The number of anilines is 4. The molecular formula is C107H109Cl3KN4Ru2S2-6. The molecule has 0 spiro atoms. The van der Waals surface area contributed by atoms with Gasteiger partial charge in [0.2, 0.25) is 0 Å². The van der Waals surface area contributed by atoms with Crippen LogP contribution >= 0.6 is 29.1 Å². The maximum atomic E-state index is 5.87. The van der Waals surface area contributed by atoms with E-state index in [9.17, 15) is 0 Å². The third kappa shape index (κ3) is 27.4. The standard InChI is InChI=1S/2C24H18S.2C21H27N2.2C7H6.3CH3.3ClH.K.2Ru/c2*25-24-22(19-12-6-2-7-13-19)16-21(18-10-4-1-5-11-18)17-23(24)20-14-8-3-9-15-20;2*1-14-9-16(3)20(17(4)10-14)22-7-8-23(13-22)21-18(5)11-15(2)12-19(21)6;2*1-7-5-3-2-4-6-7;;;;;;;;;/h2*1-17,25H;2*9-13H,7-8H2,1-6H3;2*1-6H;3*1H3;3*1H;;;/q;;2*-1;;;3*-1;;;;2*+1;+2/p-5. The fourth-order valence-electron chi connectivity index (χ4n) is 15.5. The van der Waals surface area contributed by atoms with E-state index in [1.807, 2.05) is 89.5 Å². The van der Waals surface area contributed by atoms with Gasteiger partial charge in [-0.3, -0.25) is 0 Å². The molecule has 2 heterocycles. The van der Waals surface area contributed by atoms with E-state index in [4.69, 9.17) is 54.3 Å². The Kier molecular flexibility index (Phi) is 40.3. The van der Waals surface area contributed by atoms with Crippen molar-refractivity contribution in [2.75, 3.05) is 45.8 Å². The Balaban J connectivity index is 0.000000202. The third-order valence-corrected chi connectivity index (χ3v) is 24.1. The van der Waals surface area contributed by atoms with Crippen LogP contribution < -0.4 is 71.0 Å². The van der Waals surface area contributed by atoms with E-state index in [0.29, 0.717) is 0 Å². The van der Waals surface area contributed by atoms with Gasteiger partial charge < -0.3 is 67.1 Å². The second kappa shape index (κ2) is 48.7. The van der Waals surface area contributed by atoms with Gasteiger partial charge in [-0.2, -0.15) is 23.1 Å². The molecule has 16 rings (SSSR count). The van der Waals surface area contributed by atoms with E-state index in [1.54, 1.807) is 0 Å². The van der Waals surface area contributed by atoms with Gasteiger partial charge in [0.15, 0.2) is 0 Å². The van der Waals surface area contributed by atoms with Crippen molar-refractivity contribution in [1.82, 2.24) is 0 Å². The SMILES string of the molecule is Cc1cc(C)c(N2[CH-]N(c3c(C)cc(C)cc3C)CC2)c(C)c1.Cc1cc(C)c(N2[CH-]N(c3c(C)cc(C)cc3C)CC2)c(C)c1.[CH3-].[CH3-].[CH3-].[Cl][Ru]([Cl])=[CH]c1ccccc1.[Cl][Ru]=[CH]c1ccccc1.[K+].[S-]c1c(-c2ccccc2)cc(-c2ccccc2)cc1-c1ccccc1.[S-]c1c(-c2ccccc2)cc(-c2ccccc2)cc1-c1ccccc1. The van der Waals surface area contributed by atoms with Crippen molar-refractivity contribution in [3.8, 4) is 66.8 Å². The summed E-state index contributed by atoms with van der Waals surface area (Å²) in [6, 6.07) is 110. The molecule has 0 saturated carbocycles. The molecule has 2 saturated heterocycles. The molecular weight excluding hydrogens is 1750 g/mol. The van der Waals surface area contributed by atoms with Crippen molar-refractivity contribution in [3.63, 3.8) is 0 Å². The molecule has 0 amide bonds. The van der Waals surface area contributed by atoms with Crippen molar-refractivity contribution in [2.24, 2.45) is 0 Å². The van der Waals surface area contributed by atoms with Gasteiger partial charge in [-0.1, -0.05) is 253 Å². The Bertz CT molecular complexity index is 4950. The molecule has 0 aliphatic carbocycles. The van der Waals surface area contributed by atoms with E-state index in [1.165, 1.54) is 117 Å². The van der Waals surface area contributed by atoms with Crippen LogP contribution in [0.1, 0.15) is 77.9 Å². The van der Waals surface area contributed by atoms with Crippen LogP contribution in [-0.2, 0) is 54.5 Å². The second-order valence-electron chi connectivity index (χ2n) is 29.3. The minimum atomic E-state index is -1.61. The molecule has 119 heavy (non-hydrogen) atoms. The fraction of sp³-hybridized carbons (Fsp3) is 0.150. The molecule has 2 aliphatic rings. The topological polar surface area (TPSA) is 13.0 Å². The molecule has 2 fully saturated rings. The van der Waals surface area contributed by atoms with Crippen molar-refractivity contribution < 1.29 is 80.6 Å². The first-order valence-electron chi connectivity index (χ1n) is 38.7. The minimum Gasteiger partial charge on any atom is -0.779 e. The van der Waals surface area contributed by atoms with Crippen LogP contribution in [0.25, 0.3) is 66.8 Å². The average Bonchev–Trinajstić information content (AvgIpc) is 1.08. The Hall–Kier alpha value is -7.79. The maximum absolute atomic E-state index is 5.87. The van der Waals surface area contributed by atoms with Gasteiger partial charge in [0.1, 0.15) is 0 Å². The van der Waals surface area contributed by atoms with Crippen LogP contribution in [0.15, 0.2) is 325 Å². The monoisotopic (exact) mass is 1860 g/mol. The molecule has 0 N–H and O–H groups in total.